The van der Waals surface area contributed by atoms with Gasteiger partial charge in [0.2, 0.25) is 11.2 Å². The first-order valence-corrected chi connectivity index (χ1v) is 7.96. The van der Waals surface area contributed by atoms with E-state index in [1.54, 1.807) is 19.3 Å². The average Bonchev–Trinajstić information content (AvgIpc) is 2.63. The van der Waals surface area contributed by atoms with Gasteiger partial charge < -0.3 is 10.5 Å². The highest BCUT2D eigenvalue weighted by molar-refractivity contribution is 5.79. The molecule has 0 aliphatic carbocycles. The molecule has 0 unspecified atom stereocenters. The zero-order chi connectivity index (χ0) is 17.8. The summed E-state index contributed by atoms with van der Waals surface area (Å²) in [7, 11) is 1.62. The van der Waals surface area contributed by atoms with Crippen LogP contribution in [0.4, 0.5) is 8.78 Å². The van der Waals surface area contributed by atoms with Gasteiger partial charge in [0.1, 0.15) is 17.4 Å². The van der Waals surface area contributed by atoms with Crippen LogP contribution in [0.25, 0.3) is 23.1 Å². The van der Waals surface area contributed by atoms with Crippen molar-refractivity contribution >= 4 is 23.1 Å². The molecule has 3 nitrogen and oxygen atoms in total. The lowest BCUT2D eigenvalue weighted by Crippen LogP contribution is -2.41. The molecule has 1 aromatic heterocycles. The zero-order valence-electron chi connectivity index (χ0n) is 13.9. The molecule has 0 bridgehead atoms. The number of nitrogens with zero attached hydrogens (tertiary/aromatic N) is 1. The summed E-state index contributed by atoms with van der Waals surface area (Å²) in [5.41, 5.74) is 7.80. The summed E-state index contributed by atoms with van der Waals surface area (Å²) in [5.74, 6) is -0.160. The van der Waals surface area contributed by atoms with Gasteiger partial charge in [-0.05, 0) is 42.5 Å². The number of methoxy groups -OCH3 is 1. The van der Waals surface area contributed by atoms with Crippen LogP contribution in [-0.2, 0) is 6.54 Å². The highest BCUT2D eigenvalue weighted by Crippen LogP contribution is 2.20. The van der Waals surface area contributed by atoms with Crippen molar-refractivity contribution in [2.24, 2.45) is 5.73 Å². The largest absolute Gasteiger partial charge is 0.497 e. The minimum absolute atomic E-state index is 0.203. The van der Waals surface area contributed by atoms with Gasteiger partial charge in [-0.3, -0.25) is 0 Å². The van der Waals surface area contributed by atoms with Crippen LogP contribution in [0.5, 0.6) is 5.75 Å². The quantitative estimate of drug-likeness (QED) is 0.721. The Hall–Kier alpha value is -2.79. The Labute approximate surface area is 145 Å². The molecule has 0 fully saturated rings. The van der Waals surface area contributed by atoms with Gasteiger partial charge in [-0.2, -0.15) is 4.57 Å². The second-order valence-electron chi connectivity index (χ2n) is 5.62. The zero-order valence-corrected chi connectivity index (χ0v) is 13.9. The lowest BCUT2D eigenvalue weighted by molar-refractivity contribution is -0.670. The molecule has 5 heteroatoms. The molecule has 2 aromatic carbocycles. The van der Waals surface area contributed by atoms with Crippen LogP contribution in [0, 0.1) is 11.6 Å². The number of benzene rings is 2. The highest BCUT2D eigenvalue weighted by Gasteiger charge is 2.14. The fraction of sp³-hybridized carbons (Fsp3) is 0.150. The molecule has 0 amide bonds. The summed E-state index contributed by atoms with van der Waals surface area (Å²) >= 11 is 0. The normalized spacial score (nSPS) is 11.4. The van der Waals surface area contributed by atoms with Crippen molar-refractivity contribution in [3.8, 4) is 5.75 Å². The first-order valence-electron chi connectivity index (χ1n) is 7.96. The smallest absolute Gasteiger partial charge is 0.213 e. The number of fused-ring (bicyclic) bond motifs is 1. The van der Waals surface area contributed by atoms with E-state index >= 15 is 0 Å². The Morgan fingerprint density at radius 3 is 2.64 bits per heavy atom. The number of hydrogen-bond acceptors (Lipinski definition) is 2. The standard InChI is InChI=1S/C20H19F2N2O/c1-25-18-7-9-20-15(13-18)3-6-17(24(20)11-10-23)5-2-14-12-16(21)4-8-19(14)22/h2-9,12-13H,10-11,23H2,1H3/q+1/b5-2+. The molecular formula is C20H19F2N2O+. The fourth-order valence-electron chi connectivity index (χ4n) is 2.78. The highest BCUT2D eigenvalue weighted by atomic mass is 19.1. The second-order valence-corrected chi connectivity index (χ2v) is 5.62. The molecular weight excluding hydrogens is 322 g/mol. The van der Waals surface area contributed by atoms with Crippen molar-refractivity contribution in [1.82, 2.24) is 0 Å². The van der Waals surface area contributed by atoms with Gasteiger partial charge in [-0.25, -0.2) is 8.78 Å². The summed E-state index contributed by atoms with van der Waals surface area (Å²) in [6, 6.07) is 13.1. The lowest BCUT2D eigenvalue weighted by Gasteiger charge is -2.06. The van der Waals surface area contributed by atoms with E-state index in [-0.39, 0.29) is 5.56 Å². The van der Waals surface area contributed by atoms with Crippen LogP contribution in [-0.4, -0.2) is 13.7 Å². The third-order valence-electron chi connectivity index (χ3n) is 4.02. The Morgan fingerprint density at radius 2 is 1.88 bits per heavy atom. The number of rotatable bonds is 5. The van der Waals surface area contributed by atoms with Crippen molar-refractivity contribution in [2.75, 3.05) is 13.7 Å². The molecule has 1 heterocycles. The number of pyridine rings is 1. The molecule has 0 spiro atoms. The molecule has 2 N–H and O–H groups in total. The molecule has 0 aliphatic heterocycles. The summed E-state index contributed by atoms with van der Waals surface area (Å²) < 4.78 is 34.4. The van der Waals surface area contributed by atoms with E-state index in [9.17, 15) is 8.78 Å². The third-order valence-corrected chi connectivity index (χ3v) is 4.02. The number of aromatic nitrogens is 1. The average molecular weight is 341 g/mol. The summed E-state index contributed by atoms with van der Waals surface area (Å²) in [6.07, 6.45) is 3.33. The van der Waals surface area contributed by atoms with E-state index in [0.717, 1.165) is 34.5 Å². The second kappa shape index (κ2) is 7.40. The van der Waals surface area contributed by atoms with Gasteiger partial charge in [0.15, 0.2) is 6.54 Å². The van der Waals surface area contributed by atoms with Gasteiger partial charge in [0, 0.05) is 23.8 Å². The molecule has 25 heavy (non-hydrogen) atoms. The van der Waals surface area contributed by atoms with Crippen LogP contribution < -0.4 is 15.0 Å². The van der Waals surface area contributed by atoms with Gasteiger partial charge in [-0.15, -0.1) is 0 Å². The molecule has 3 aromatic rings. The molecule has 128 valence electrons. The molecule has 0 radical (unpaired) electrons. The number of nitrogens with two attached hydrogens (primary N) is 1. The molecule has 0 saturated heterocycles. The molecule has 0 aliphatic rings. The number of halogens is 2. The third kappa shape index (κ3) is 3.67. The van der Waals surface area contributed by atoms with Crippen LogP contribution in [0.2, 0.25) is 0 Å². The number of hydrogen-bond donors (Lipinski definition) is 1. The van der Waals surface area contributed by atoms with E-state index < -0.39 is 11.6 Å². The topological polar surface area (TPSA) is 39.1 Å². The summed E-state index contributed by atoms with van der Waals surface area (Å²) in [6.45, 7) is 1.07. The fourth-order valence-corrected chi connectivity index (χ4v) is 2.78. The summed E-state index contributed by atoms with van der Waals surface area (Å²) in [5, 5.41) is 1.02. The Bertz CT molecular complexity index is 938. The predicted octanol–water partition coefficient (Wildman–Crippen LogP) is 3.54. The summed E-state index contributed by atoms with van der Waals surface area (Å²) in [4.78, 5) is 0. The van der Waals surface area contributed by atoms with E-state index in [1.807, 2.05) is 34.9 Å². The minimum atomic E-state index is -0.471. The SMILES string of the molecule is COc1ccc2c(ccc(/C=C/c3cc(F)ccc3F)[n+]2CCN)c1. The Kier molecular flexibility index (Phi) is 5.05. The molecule has 0 atom stereocenters. The first kappa shape index (κ1) is 17.0. The van der Waals surface area contributed by atoms with E-state index in [2.05, 4.69) is 0 Å². The van der Waals surface area contributed by atoms with E-state index in [4.69, 9.17) is 10.5 Å². The van der Waals surface area contributed by atoms with Crippen molar-refractivity contribution < 1.29 is 18.1 Å². The predicted molar refractivity (Wildman–Crippen MR) is 95.0 cm³/mol. The molecule has 0 saturated carbocycles. The van der Waals surface area contributed by atoms with Crippen molar-refractivity contribution in [3.05, 3.63) is 71.4 Å². The van der Waals surface area contributed by atoms with Crippen LogP contribution in [0.15, 0.2) is 48.5 Å². The first-order chi connectivity index (χ1) is 12.1. The van der Waals surface area contributed by atoms with Crippen LogP contribution >= 0.6 is 0 Å². The van der Waals surface area contributed by atoms with E-state index in [1.165, 1.54) is 6.07 Å². The van der Waals surface area contributed by atoms with Crippen molar-refractivity contribution in [1.29, 1.82) is 0 Å². The van der Waals surface area contributed by atoms with Gasteiger partial charge in [-0.1, -0.05) is 0 Å². The maximum absolute atomic E-state index is 13.8. The molecule has 3 rings (SSSR count). The van der Waals surface area contributed by atoms with Crippen molar-refractivity contribution in [3.63, 3.8) is 0 Å². The van der Waals surface area contributed by atoms with Gasteiger partial charge in [0.05, 0.1) is 19.0 Å². The monoisotopic (exact) mass is 341 g/mol. The van der Waals surface area contributed by atoms with Gasteiger partial charge >= 0.3 is 0 Å². The maximum atomic E-state index is 13.8. The van der Waals surface area contributed by atoms with Crippen LogP contribution in [0.1, 0.15) is 11.3 Å². The minimum Gasteiger partial charge on any atom is -0.497 e. The Balaban J connectivity index is 2.07. The van der Waals surface area contributed by atoms with Crippen molar-refractivity contribution in [2.45, 2.75) is 6.54 Å². The van der Waals surface area contributed by atoms with E-state index in [0.29, 0.717) is 13.1 Å². The van der Waals surface area contributed by atoms with Crippen LogP contribution in [0.3, 0.4) is 0 Å². The lowest BCUT2D eigenvalue weighted by atomic mass is 10.1. The number of ether oxygens (including phenoxy) is 1. The Morgan fingerprint density at radius 1 is 1.04 bits per heavy atom. The maximum Gasteiger partial charge on any atom is 0.213 e. The van der Waals surface area contributed by atoms with Gasteiger partial charge in [0.25, 0.3) is 0 Å².